The van der Waals surface area contributed by atoms with E-state index in [0.29, 0.717) is 0 Å². The van der Waals surface area contributed by atoms with Gasteiger partial charge in [-0.1, -0.05) is 95.3 Å². The Morgan fingerprint density at radius 1 is 0.600 bits per heavy atom. The zero-order chi connectivity index (χ0) is 14.3. The van der Waals surface area contributed by atoms with Crippen molar-refractivity contribution in [1.29, 1.82) is 0 Å². The summed E-state index contributed by atoms with van der Waals surface area (Å²) in [5, 5.41) is 5.33. The quantitative estimate of drug-likeness (QED) is 0.385. The van der Waals surface area contributed by atoms with Gasteiger partial charge in [-0.25, -0.2) is 0 Å². The molecule has 0 nitrogen and oxygen atoms in total. The van der Waals surface area contributed by atoms with Crippen molar-refractivity contribution in [3.63, 3.8) is 0 Å². The van der Waals surface area contributed by atoms with Crippen LogP contribution in [0.3, 0.4) is 0 Å². The third-order valence-electron chi connectivity index (χ3n) is 2.90. The van der Waals surface area contributed by atoms with Crippen LogP contribution in [0, 0.1) is 6.92 Å². The van der Waals surface area contributed by atoms with E-state index in [0.717, 1.165) is 0 Å². The Hall–Kier alpha value is -1.82. The molecule has 0 saturated heterocycles. The second-order valence-electron chi connectivity index (χ2n) is 4.01. The van der Waals surface area contributed by atoms with E-state index in [1.54, 1.807) is 0 Å². The molecule has 3 aromatic rings. The fourth-order valence-corrected chi connectivity index (χ4v) is 2.12. The van der Waals surface area contributed by atoms with Crippen LogP contribution in [-0.2, 0) is 0 Å². The first-order valence-electron chi connectivity index (χ1n) is 7.23. The van der Waals surface area contributed by atoms with Gasteiger partial charge < -0.3 is 0 Å². The normalized spacial score (nSPS) is 8.85. The van der Waals surface area contributed by atoms with Crippen LogP contribution in [0.25, 0.3) is 21.5 Å². The Bertz CT molecular complexity index is 636. The van der Waals surface area contributed by atoms with E-state index < -0.39 is 0 Å². The molecular formula is C20H28. The lowest BCUT2D eigenvalue weighted by Crippen LogP contribution is -1.78. The second kappa shape index (κ2) is 9.14. The first kappa shape index (κ1) is 18.2. The van der Waals surface area contributed by atoms with Gasteiger partial charge in [0.05, 0.1) is 0 Å². The summed E-state index contributed by atoms with van der Waals surface area (Å²) in [6.45, 7) is 10.1. The minimum absolute atomic E-state index is 0. The minimum Gasteiger partial charge on any atom is -0.0776 e. The molecule has 108 valence electrons. The Morgan fingerprint density at radius 3 is 1.75 bits per heavy atom. The third kappa shape index (κ3) is 3.84. The average molecular weight is 268 g/mol. The van der Waals surface area contributed by atoms with E-state index in [1.165, 1.54) is 27.1 Å². The largest absolute Gasteiger partial charge is 0.0776 e. The molecule has 0 heteroatoms. The maximum absolute atomic E-state index is 2.26. The van der Waals surface area contributed by atoms with Gasteiger partial charge in [-0.2, -0.15) is 0 Å². The number of rotatable bonds is 0. The monoisotopic (exact) mass is 268 g/mol. The molecule has 0 amide bonds. The highest BCUT2D eigenvalue weighted by Crippen LogP contribution is 2.25. The number of benzene rings is 3. The molecule has 0 N–H and O–H groups in total. The predicted molar refractivity (Wildman–Crippen MR) is 95.6 cm³/mol. The van der Waals surface area contributed by atoms with Crippen molar-refractivity contribution in [3.05, 3.63) is 60.2 Å². The predicted octanol–water partition coefficient (Wildman–Crippen LogP) is 6.99. The lowest BCUT2D eigenvalue weighted by molar-refractivity contribution is 1.50. The zero-order valence-electron chi connectivity index (χ0n) is 12.7. The van der Waals surface area contributed by atoms with Gasteiger partial charge >= 0.3 is 0 Å². The minimum atomic E-state index is 0. The van der Waals surface area contributed by atoms with Crippen molar-refractivity contribution in [1.82, 2.24) is 0 Å². The first-order chi connectivity index (χ1) is 9.34. The van der Waals surface area contributed by atoms with Gasteiger partial charge in [0.15, 0.2) is 0 Å². The van der Waals surface area contributed by atoms with Crippen molar-refractivity contribution in [2.45, 2.75) is 42.0 Å². The summed E-state index contributed by atoms with van der Waals surface area (Å²) in [5.74, 6) is 0. The smallest absolute Gasteiger partial charge is 0.0103 e. The van der Waals surface area contributed by atoms with Crippen molar-refractivity contribution in [2.24, 2.45) is 0 Å². The summed E-state index contributed by atoms with van der Waals surface area (Å²) >= 11 is 0. The van der Waals surface area contributed by atoms with Gasteiger partial charge in [-0.05, 0) is 28.5 Å². The standard InChI is InChI=1S/C15H12.2C2H6.CH4/c1-11-6-7-13-9-8-12-4-2-3-5-14(12)15(13)10-11;2*1-2;/h2-10H,1H3;2*1-2H3;1H4. The van der Waals surface area contributed by atoms with Crippen LogP contribution in [-0.4, -0.2) is 0 Å². The van der Waals surface area contributed by atoms with E-state index in [2.05, 4.69) is 61.5 Å². The highest BCUT2D eigenvalue weighted by Gasteiger charge is 1.99. The summed E-state index contributed by atoms with van der Waals surface area (Å²) in [6.07, 6.45) is 0. The molecule has 0 aromatic heterocycles. The molecule has 0 saturated carbocycles. The third-order valence-corrected chi connectivity index (χ3v) is 2.90. The van der Waals surface area contributed by atoms with Gasteiger partial charge in [0, 0.05) is 0 Å². The highest BCUT2D eigenvalue weighted by molar-refractivity contribution is 6.07. The van der Waals surface area contributed by atoms with E-state index in [-0.39, 0.29) is 7.43 Å². The molecule has 0 aliphatic carbocycles. The van der Waals surface area contributed by atoms with Crippen molar-refractivity contribution >= 4 is 21.5 Å². The summed E-state index contributed by atoms with van der Waals surface area (Å²) < 4.78 is 0. The van der Waals surface area contributed by atoms with Crippen LogP contribution in [0.1, 0.15) is 40.7 Å². The molecule has 0 aliphatic rings. The van der Waals surface area contributed by atoms with Gasteiger partial charge in [-0.3, -0.25) is 0 Å². The maximum Gasteiger partial charge on any atom is -0.0103 e. The second-order valence-corrected chi connectivity index (χ2v) is 4.01. The molecular weight excluding hydrogens is 240 g/mol. The Morgan fingerprint density at radius 2 is 1.10 bits per heavy atom. The molecule has 0 fully saturated rings. The Kier molecular flexibility index (Phi) is 8.31. The Labute approximate surface area is 124 Å². The van der Waals surface area contributed by atoms with Crippen molar-refractivity contribution in [2.75, 3.05) is 0 Å². The van der Waals surface area contributed by atoms with Gasteiger partial charge in [0.2, 0.25) is 0 Å². The fraction of sp³-hybridized carbons (Fsp3) is 0.300. The Balaban J connectivity index is 0.000000667. The SMILES string of the molecule is C.CC.CC.Cc1ccc2ccc3ccccc3c2c1. The first-order valence-corrected chi connectivity index (χ1v) is 7.23. The molecule has 0 spiro atoms. The van der Waals surface area contributed by atoms with Gasteiger partial charge in [0.1, 0.15) is 0 Å². The number of aryl methyl sites for hydroxylation is 1. The molecule has 0 atom stereocenters. The van der Waals surface area contributed by atoms with E-state index in [1.807, 2.05) is 27.7 Å². The van der Waals surface area contributed by atoms with Crippen LogP contribution in [0.4, 0.5) is 0 Å². The fourth-order valence-electron chi connectivity index (χ4n) is 2.12. The average Bonchev–Trinajstić information content (AvgIpc) is 2.51. The van der Waals surface area contributed by atoms with E-state index in [4.69, 9.17) is 0 Å². The number of hydrogen-bond acceptors (Lipinski definition) is 0. The molecule has 3 aromatic carbocycles. The highest BCUT2D eigenvalue weighted by atomic mass is 14.0. The molecule has 0 aliphatic heterocycles. The molecule has 20 heavy (non-hydrogen) atoms. The van der Waals surface area contributed by atoms with E-state index >= 15 is 0 Å². The lowest BCUT2D eigenvalue weighted by atomic mass is 10.0. The maximum atomic E-state index is 2.26. The molecule has 0 radical (unpaired) electrons. The summed E-state index contributed by atoms with van der Waals surface area (Å²) in [4.78, 5) is 0. The van der Waals surface area contributed by atoms with Crippen LogP contribution < -0.4 is 0 Å². The van der Waals surface area contributed by atoms with Gasteiger partial charge in [-0.15, -0.1) is 0 Å². The van der Waals surface area contributed by atoms with Crippen LogP contribution in [0.15, 0.2) is 54.6 Å². The summed E-state index contributed by atoms with van der Waals surface area (Å²) in [6, 6.07) is 19.5. The van der Waals surface area contributed by atoms with Crippen molar-refractivity contribution in [3.8, 4) is 0 Å². The number of hydrogen-bond donors (Lipinski definition) is 0. The van der Waals surface area contributed by atoms with Crippen molar-refractivity contribution < 1.29 is 0 Å². The molecule has 0 bridgehead atoms. The van der Waals surface area contributed by atoms with E-state index in [9.17, 15) is 0 Å². The van der Waals surface area contributed by atoms with Crippen LogP contribution >= 0.6 is 0 Å². The number of fused-ring (bicyclic) bond motifs is 3. The molecule has 0 unspecified atom stereocenters. The summed E-state index contributed by atoms with van der Waals surface area (Å²) in [5.41, 5.74) is 1.32. The lowest BCUT2D eigenvalue weighted by Gasteiger charge is -2.04. The van der Waals surface area contributed by atoms with Crippen LogP contribution in [0.5, 0.6) is 0 Å². The zero-order valence-corrected chi connectivity index (χ0v) is 12.7. The molecule has 3 rings (SSSR count). The topological polar surface area (TPSA) is 0 Å². The van der Waals surface area contributed by atoms with Gasteiger partial charge in [0.25, 0.3) is 0 Å². The van der Waals surface area contributed by atoms with Crippen LogP contribution in [0.2, 0.25) is 0 Å². The summed E-state index contributed by atoms with van der Waals surface area (Å²) in [7, 11) is 0. The molecule has 0 heterocycles.